The molecule has 0 atom stereocenters. The lowest BCUT2D eigenvalue weighted by molar-refractivity contribution is 0.875. The highest BCUT2D eigenvalue weighted by molar-refractivity contribution is 7.97. The van der Waals surface area contributed by atoms with Crippen LogP contribution in [0.4, 0.5) is 0 Å². The highest BCUT2D eigenvalue weighted by atomic mass is 32.2. The Morgan fingerprint density at radius 2 is 2.36 bits per heavy atom. The molecule has 0 aliphatic heterocycles. The number of aryl methyl sites for hydroxylation is 1. The van der Waals surface area contributed by atoms with Crippen molar-refractivity contribution in [3.8, 4) is 6.07 Å². The fraction of sp³-hybridized carbons (Fsp3) is 0.600. The molecule has 14 heavy (non-hydrogen) atoms. The third kappa shape index (κ3) is 3.00. The number of aromatic nitrogens is 1. The van der Waals surface area contributed by atoms with Crippen LogP contribution in [0.25, 0.3) is 0 Å². The number of hydrogen-bond acceptors (Lipinski definition) is 4. The molecule has 4 heteroatoms. The maximum absolute atomic E-state index is 8.68. The quantitative estimate of drug-likeness (QED) is 0.774. The second-order valence-electron chi connectivity index (χ2n) is 3.00. The van der Waals surface area contributed by atoms with E-state index in [1.54, 1.807) is 23.1 Å². The van der Waals surface area contributed by atoms with Crippen molar-refractivity contribution in [2.24, 2.45) is 0 Å². The van der Waals surface area contributed by atoms with Gasteiger partial charge in [-0.05, 0) is 12.7 Å². The zero-order valence-electron chi connectivity index (χ0n) is 8.54. The summed E-state index contributed by atoms with van der Waals surface area (Å²) in [6.07, 6.45) is 4.69. The van der Waals surface area contributed by atoms with Crippen LogP contribution in [0, 0.1) is 11.3 Å². The van der Waals surface area contributed by atoms with Gasteiger partial charge in [0.1, 0.15) is 5.01 Å². The van der Waals surface area contributed by atoms with E-state index in [1.165, 1.54) is 4.88 Å². The molecule has 0 aliphatic carbocycles. The van der Waals surface area contributed by atoms with Gasteiger partial charge in [0, 0.05) is 10.6 Å². The Hall–Kier alpha value is -0.530. The van der Waals surface area contributed by atoms with E-state index >= 15 is 0 Å². The van der Waals surface area contributed by atoms with E-state index in [2.05, 4.69) is 24.2 Å². The summed E-state index contributed by atoms with van der Waals surface area (Å²) >= 11 is 3.47. The summed E-state index contributed by atoms with van der Waals surface area (Å²) in [6, 6.07) is 2.20. The normalized spacial score (nSPS) is 10.1. The molecule has 0 unspecified atom stereocenters. The molecular weight excluding hydrogens is 212 g/mol. The minimum atomic E-state index is 0.515. The van der Waals surface area contributed by atoms with E-state index in [-0.39, 0.29) is 0 Å². The zero-order chi connectivity index (χ0) is 10.4. The lowest BCUT2D eigenvalue weighted by Crippen LogP contribution is -1.89. The Morgan fingerprint density at radius 3 is 2.93 bits per heavy atom. The molecule has 0 aliphatic rings. The first-order chi connectivity index (χ1) is 6.81. The predicted molar refractivity (Wildman–Crippen MR) is 62.6 cm³/mol. The van der Waals surface area contributed by atoms with Crippen LogP contribution in [0.3, 0.4) is 0 Å². The largest absolute Gasteiger partial charge is 0.245 e. The van der Waals surface area contributed by atoms with Gasteiger partial charge < -0.3 is 0 Å². The Labute approximate surface area is 93.4 Å². The van der Waals surface area contributed by atoms with Crippen LogP contribution in [0.1, 0.15) is 28.9 Å². The van der Waals surface area contributed by atoms with Crippen LogP contribution in [-0.2, 0) is 18.6 Å². The molecule has 1 aromatic rings. The summed E-state index contributed by atoms with van der Waals surface area (Å²) in [5, 5.41) is 9.83. The minimum Gasteiger partial charge on any atom is -0.245 e. The van der Waals surface area contributed by atoms with Gasteiger partial charge >= 0.3 is 0 Å². The maximum atomic E-state index is 8.68. The molecular formula is C10H14N2S2. The maximum Gasteiger partial charge on any atom is 0.103 e. The predicted octanol–water partition coefficient (Wildman–Crippen LogP) is 3.02. The molecule has 76 valence electrons. The van der Waals surface area contributed by atoms with Crippen molar-refractivity contribution in [1.29, 1.82) is 5.26 Å². The van der Waals surface area contributed by atoms with Crippen LogP contribution in [0.2, 0.25) is 0 Å². The summed E-state index contributed by atoms with van der Waals surface area (Å²) < 4.78 is 0. The molecule has 1 rings (SSSR count). The van der Waals surface area contributed by atoms with E-state index in [0.29, 0.717) is 6.42 Å². The van der Waals surface area contributed by atoms with E-state index in [9.17, 15) is 0 Å². The summed E-state index contributed by atoms with van der Waals surface area (Å²) in [7, 11) is 0. The van der Waals surface area contributed by atoms with E-state index in [0.717, 1.165) is 29.3 Å². The first kappa shape index (κ1) is 11.5. The molecule has 2 nitrogen and oxygen atoms in total. The fourth-order valence-electron chi connectivity index (χ4n) is 1.26. The van der Waals surface area contributed by atoms with E-state index < -0.39 is 0 Å². The smallest absolute Gasteiger partial charge is 0.103 e. The lowest BCUT2D eigenvalue weighted by Gasteiger charge is -1.93. The number of nitrogens with zero attached hydrogens (tertiary/aromatic N) is 2. The Kier molecular flexibility index (Phi) is 4.99. The van der Waals surface area contributed by atoms with Crippen molar-refractivity contribution in [2.75, 3.05) is 6.26 Å². The highest BCUT2D eigenvalue weighted by Crippen LogP contribution is 2.23. The van der Waals surface area contributed by atoms with E-state index in [1.807, 2.05) is 0 Å². The number of thioether (sulfide) groups is 1. The molecule has 0 fully saturated rings. The summed E-state index contributed by atoms with van der Waals surface area (Å²) in [6.45, 7) is 2.14. The van der Waals surface area contributed by atoms with E-state index in [4.69, 9.17) is 5.26 Å². The number of rotatable bonds is 5. The number of hydrogen-bond donors (Lipinski definition) is 0. The molecule has 0 bridgehead atoms. The van der Waals surface area contributed by atoms with Crippen molar-refractivity contribution in [3.63, 3.8) is 0 Å². The first-order valence-corrected chi connectivity index (χ1v) is 6.86. The van der Waals surface area contributed by atoms with Gasteiger partial charge in [0.15, 0.2) is 0 Å². The monoisotopic (exact) mass is 226 g/mol. The standard InChI is InChI=1S/C10H14N2S2/c1-3-4-8-9(5-6-11)14-10(12-8)7-13-2/h3-5,7H2,1-2H3. The molecule has 0 N–H and O–H groups in total. The van der Waals surface area contributed by atoms with Gasteiger partial charge in [-0.3, -0.25) is 0 Å². The summed E-state index contributed by atoms with van der Waals surface area (Å²) in [5.74, 6) is 0.965. The second-order valence-corrected chi connectivity index (χ2v) is 5.03. The lowest BCUT2D eigenvalue weighted by atomic mass is 10.2. The first-order valence-electron chi connectivity index (χ1n) is 4.65. The molecule has 0 saturated carbocycles. The SMILES string of the molecule is CCCc1nc(CSC)sc1CC#N. The van der Waals surface area contributed by atoms with Gasteiger partial charge in [-0.15, -0.1) is 11.3 Å². The third-order valence-corrected chi connectivity index (χ3v) is 3.66. The van der Waals surface area contributed by atoms with Crippen molar-refractivity contribution in [2.45, 2.75) is 31.9 Å². The van der Waals surface area contributed by atoms with Gasteiger partial charge in [0.2, 0.25) is 0 Å². The van der Waals surface area contributed by atoms with Crippen LogP contribution in [0.15, 0.2) is 0 Å². The average Bonchev–Trinajstić information content (AvgIpc) is 2.50. The molecule has 0 radical (unpaired) electrons. The Balaban J connectivity index is 2.82. The third-order valence-electron chi connectivity index (χ3n) is 1.82. The molecule has 1 heterocycles. The molecule has 0 spiro atoms. The van der Waals surface area contributed by atoms with Crippen LogP contribution >= 0.6 is 23.1 Å². The molecule has 0 amide bonds. The molecule has 0 saturated heterocycles. The summed E-state index contributed by atoms with van der Waals surface area (Å²) in [5.41, 5.74) is 1.14. The van der Waals surface area contributed by atoms with Gasteiger partial charge in [0.05, 0.1) is 18.2 Å². The number of thiazole rings is 1. The second kappa shape index (κ2) is 6.05. The van der Waals surface area contributed by atoms with Crippen molar-refractivity contribution >= 4 is 23.1 Å². The fourth-order valence-corrected chi connectivity index (χ4v) is 3.01. The molecule has 1 aromatic heterocycles. The van der Waals surface area contributed by atoms with Crippen molar-refractivity contribution < 1.29 is 0 Å². The average molecular weight is 226 g/mol. The van der Waals surface area contributed by atoms with Gasteiger partial charge in [-0.1, -0.05) is 13.3 Å². The van der Waals surface area contributed by atoms with Crippen molar-refractivity contribution in [1.82, 2.24) is 4.98 Å². The Morgan fingerprint density at radius 1 is 1.57 bits per heavy atom. The summed E-state index contributed by atoms with van der Waals surface area (Å²) in [4.78, 5) is 5.72. The zero-order valence-corrected chi connectivity index (χ0v) is 10.2. The molecule has 0 aromatic carbocycles. The Bertz CT molecular complexity index is 325. The van der Waals surface area contributed by atoms with Crippen LogP contribution in [0.5, 0.6) is 0 Å². The van der Waals surface area contributed by atoms with Crippen molar-refractivity contribution in [3.05, 3.63) is 15.6 Å². The van der Waals surface area contributed by atoms with Crippen LogP contribution < -0.4 is 0 Å². The highest BCUT2D eigenvalue weighted by Gasteiger charge is 2.09. The van der Waals surface area contributed by atoms with Gasteiger partial charge in [-0.25, -0.2) is 4.98 Å². The van der Waals surface area contributed by atoms with Crippen LogP contribution in [-0.4, -0.2) is 11.2 Å². The van der Waals surface area contributed by atoms with Gasteiger partial charge in [-0.2, -0.15) is 17.0 Å². The topological polar surface area (TPSA) is 36.7 Å². The van der Waals surface area contributed by atoms with Gasteiger partial charge in [0.25, 0.3) is 0 Å². The number of nitriles is 1. The minimum absolute atomic E-state index is 0.515.